The zero-order valence-electron chi connectivity index (χ0n) is 13.4. The van der Waals surface area contributed by atoms with Crippen LogP contribution in [0.1, 0.15) is 59.7 Å². The average molecular weight is 271 g/mol. The summed E-state index contributed by atoms with van der Waals surface area (Å²) in [6.45, 7) is 12.9. The Morgan fingerprint density at radius 2 is 1.50 bits per heavy atom. The molecule has 2 unspecified atom stereocenters. The van der Waals surface area contributed by atoms with Crippen LogP contribution in [0.15, 0.2) is 28.7 Å². The molecule has 2 atom stereocenters. The van der Waals surface area contributed by atoms with E-state index in [0.717, 1.165) is 11.5 Å². The molecule has 0 aliphatic heterocycles. The minimum absolute atomic E-state index is 0.207. The smallest absolute Gasteiger partial charge is 0.120 e. The fourth-order valence-corrected chi connectivity index (χ4v) is 3.10. The quantitative estimate of drug-likeness (QED) is 0.853. The highest BCUT2D eigenvalue weighted by molar-refractivity contribution is 5.39. The van der Waals surface area contributed by atoms with Crippen LogP contribution >= 0.6 is 0 Å². The highest BCUT2D eigenvalue weighted by Crippen LogP contribution is 2.26. The van der Waals surface area contributed by atoms with Gasteiger partial charge in [-0.25, -0.2) is 0 Å². The first kappa shape index (κ1) is 14.9. The van der Waals surface area contributed by atoms with E-state index in [0.29, 0.717) is 6.04 Å². The molecule has 0 radical (unpaired) electrons. The average Bonchev–Trinajstić information content (AvgIpc) is 2.74. The first-order valence-corrected chi connectivity index (χ1v) is 7.28. The largest absolute Gasteiger partial charge is 0.465 e. The van der Waals surface area contributed by atoms with Gasteiger partial charge in [-0.15, -0.1) is 0 Å². The monoisotopic (exact) mass is 271 g/mol. The maximum absolute atomic E-state index is 5.70. The molecule has 0 spiro atoms. The molecule has 0 bridgehead atoms. The summed E-state index contributed by atoms with van der Waals surface area (Å²) in [6.07, 6.45) is 0. The normalized spacial score (nSPS) is 14.3. The molecule has 0 saturated heterocycles. The van der Waals surface area contributed by atoms with Crippen LogP contribution in [-0.2, 0) is 0 Å². The summed E-state index contributed by atoms with van der Waals surface area (Å²) in [6, 6.07) is 9.08. The van der Waals surface area contributed by atoms with Crippen molar-refractivity contribution < 1.29 is 4.42 Å². The topological polar surface area (TPSA) is 25.2 Å². The van der Waals surface area contributed by atoms with Crippen LogP contribution in [0.25, 0.3) is 0 Å². The molecule has 2 nitrogen and oxygen atoms in total. The second kappa shape index (κ2) is 5.84. The number of hydrogen-bond acceptors (Lipinski definition) is 2. The zero-order valence-corrected chi connectivity index (χ0v) is 13.4. The summed E-state index contributed by atoms with van der Waals surface area (Å²) < 4.78 is 5.70. The van der Waals surface area contributed by atoms with Crippen LogP contribution in [-0.4, -0.2) is 0 Å². The molecule has 2 aromatic rings. The molecular formula is C18H25NO. The molecule has 0 amide bonds. The summed E-state index contributed by atoms with van der Waals surface area (Å²) in [4.78, 5) is 0. The maximum atomic E-state index is 5.70. The molecule has 2 rings (SSSR count). The van der Waals surface area contributed by atoms with Gasteiger partial charge >= 0.3 is 0 Å². The lowest BCUT2D eigenvalue weighted by molar-refractivity contribution is 0.391. The van der Waals surface area contributed by atoms with Gasteiger partial charge in [-0.2, -0.15) is 0 Å². The number of aryl methyl sites for hydroxylation is 4. The molecule has 2 heteroatoms. The third kappa shape index (κ3) is 3.13. The molecule has 20 heavy (non-hydrogen) atoms. The summed E-state index contributed by atoms with van der Waals surface area (Å²) in [5, 5.41) is 3.63. The van der Waals surface area contributed by atoms with Crippen molar-refractivity contribution in [1.82, 2.24) is 5.32 Å². The van der Waals surface area contributed by atoms with Gasteiger partial charge in [0.05, 0.1) is 6.04 Å². The lowest BCUT2D eigenvalue weighted by Gasteiger charge is -2.23. The predicted octanol–water partition coefficient (Wildman–Crippen LogP) is 4.93. The van der Waals surface area contributed by atoms with Gasteiger partial charge in [0.15, 0.2) is 0 Å². The van der Waals surface area contributed by atoms with Gasteiger partial charge in [0.2, 0.25) is 0 Å². The van der Waals surface area contributed by atoms with Crippen molar-refractivity contribution in [2.75, 3.05) is 0 Å². The van der Waals surface area contributed by atoms with Crippen molar-refractivity contribution in [3.8, 4) is 0 Å². The zero-order chi connectivity index (χ0) is 14.9. The Bertz CT molecular complexity index is 574. The van der Waals surface area contributed by atoms with E-state index in [-0.39, 0.29) is 6.04 Å². The van der Waals surface area contributed by atoms with Crippen LogP contribution < -0.4 is 5.32 Å². The van der Waals surface area contributed by atoms with Crippen molar-refractivity contribution in [2.24, 2.45) is 0 Å². The van der Waals surface area contributed by atoms with E-state index in [1.807, 2.05) is 13.0 Å². The molecule has 0 fully saturated rings. The fraction of sp³-hybridized carbons (Fsp3) is 0.444. The Balaban J connectivity index is 2.18. The maximum Gasteiger partial charge on any atom is 0.120 e. The van der Waals surface area contributed by atoms with E-state index in [1.165, 1.54) is 22.3 Å². The summed E-state index contributed by atoms with van der Waals surface area (Å²) in [5.41, 5.74) is 5.42. The summed E-state index contributed by atoms with van der Waals surface area (Å²) in [7, 11) is 0. The molecule has 1 aromatic carbocycles. The molecule has 0 aliphatic rings. The minimum Gasteiger partial charge on any atom is -0.465 e. The first-order valence-electron chi connectivity index (χ1n) is 7.28. The fourth-order valence-electron chi connectivity index (χ4n) is 3.10. The summed E-state index contributed by atoms with van der Waals surface area (Å²) >= 11 is 0. The number of benzene rings is 1. The Morgan fingerprint density at radius 3 is 2.00 bits per heavy atom. The van der Waals surface area contributed by atoms with Gasteiger partial charge in [0, 0.05) is 6.04 Å². The van der Waals surface area contributed by atoms with Crippen LogP contribution in [0, 0.1) is 27.7 Å². The van der Waals surface area contributed by atoms with E-state index in [9.17, 15) is 0 Å². The van der Waals surface area contributed by atoms with Crippen molar-refractivity contribution in [1.29, 1.82) is 0 Å². The number of hydrogen-bond donors (Lipinski definition) is 1. The minimum atomic E-state index is 0.207. The predicted molar refractivity (Wildman–Crippen MR) is 84.1 cm³/mol. The van der Waals surface area contributed by atoms with E-state index in [4.69, 9.17) is 4.42 Å². The SMILES string of the molecule is Cc1cc(C)c(C(C)NC(C)c2ccc(C)o2)c(C)c1. The highest BCUT2D eigenvalue weighted by Gasteiger charge is 2.16. The molecule has 0 saturated carbocycles. The molecular weight excluding hydrogens is 246 g/mol. The third-order valence-corrected chi connectivity index (χ3v) is 3.86. The molecule has 1 aromatic heterocycles. The Kier molecular flexibility index (Phi) is 4.34. The molecule has 1 N–H and O–H groups in total. The van der Waals surface area contributed by atoms with E-state index < -0.39 is 0 Å². The molecule has 1 heterocycles. The van der Waals surface area contributed by atoms with Gasteiger partial charge in [0.1, 0.15) is 11.5 Å². The Morgan fingerprint density at radius 1 is 0.900 bits per heavy atom. The van der Waals surface area contributed by atoms with Crippen LogP contribution in [0.2, 0.25) is 0 Å². The molecule has 0 aliphatic carbocycles. The van der Waals surface area contributed by atoms with Gasteiger partial charge in [-0.05, 0) is 70.4 Å². The number of nitrogens with one attached hydrogen (secondary N) is 1. The lowest BCUT2D eigenvalue weighted by atomic mass is 9.94. The second-order valence-electron chi connectivity index (χ2n) is 5.87. The third-order valence-electron chi connectivity index (χ3n) is 3.86. The van der Waals surface area contributed by atoms with E-state index in [2.05, 4.69) is 58.1 Å². The van der Waals surface area contributed by atoms with Crippen LogP contribution in [0.5, 0.6) is 0 Å². The van der Waals surface area contributed by atoms with Gasteiger partial charge in [-0.3, -0.25) is 0 Å². The molecule has 108 valence electrons. The Hall–Kier alpha value is -1.54. The van der Waals surface area contributed by atoms with Gasteiger partial charge < -0.3 is 9.73 Å². The van der Waals surface area contributed by atoms with Crippen molar-refractivity contribution in [2.45, 2.75) is 53.6 Å². The van der Waals surface area contributed by atoms with Gasteiger partial charge in [-0.1, -0.05) is 17.7 Å². The van der Waals surface area contributed by atoms with Crippen LogP contribution in [0.3, 0.4) is 0 Å². The number of rotatable bonds is 4. The van der Waals surface area contributed by atoms with Crippen molar-refractivity contribution >= 4 is 0 Å². The van der Waals surface area contributed by atoms with E-state index in [1.54, 1.807) is 0 Å². The standard InChI is InChI=1S/C18H25NO/c1-11-9-12(2)18(13(3)10-11)16(6)19-15(5)17-8-7-14(4)20-17/h7-10,15-16,19H,1-6H3. The summed E-state index contributed by atoms with van der Waals surface area (Å²) in [5.74, 6) is 1.96. The first-order chi connectivity index (χ1) is 9.38. The Labute approximate surface area is 122 Å². The second-order valence-corrected chi connectivity index (χ2v) is 5.87. The van der Waals surface area contributed by atoms with Crippen molar-refractivity contribution in [3.05, 3.63) is 58.0 Å². The lowest BCUT2D eigenvalue weighted by Crippen LogP contribution is -2.23. The number of furan rings is 1. The van der Waals surface area contributed by atoms with Gasteiger partial charge in [0.25, 0.3) is 0 Å². The highest BCUT2D eigenvalue weighted by atomic mass is 16.3. The van der Waals surface area contributed by atoms with E-state index >= 15 is 0 Å². The van der Waals surface area contributed by atoms with Crippen LogP contribution in [0.4, 0.5) is 0 Å². The van der Waals surface area contributed by atoms with Crippen molar-refractivity contribution in [3.63, 3.8) is 0 Å².